The SMILES string of the molecule is O=C(NC1CC(C(=O)O)(c2cccc(F)c2)C1)C(F)(F)F. The Labute approximate surface area is 116 Å². The standard InChI is InChI=1S/C13H11F4NO3/c14-8-3-1-2-7(4-8)12(11(20)21)5-9(6-12)18-10(19)13(15,16)17/h1-4,9H,5-6H2,(H,18,19)(H,20,21). The van der Waals surface area contributed by atoms with Crippen LogP contribution in [0.4, 0.5) is 17.6 Å². The van der Waals surface area contributed by atoms with E-state index in [1.807, 2.05) is 0 Å². The fourth-order valence-electron chi connectivity index (χ4n) is 2.47. The molecule has 0 bridgehead atoms. The number of benzene rings is 1. The van der Waals surface area contributed by atoms with Gasteiger partial charge in [0.25, 0.3) is 0 Å². The van der Waals surface area contributed by atoms with Gasteiger partial charge in [-0.05, 0) is 30.5 Å². The molecule has 1 amide bonds. The third kappa shape index (κ3) is 2.84. The number of nitrogens with one attached hydrogen (secondary N) is 1. The van der Waals surface area contributed by atoms with Crippen LogP contribution in [0.25, 0.3) is 0 Å². The number of carbonyl (C=O) groups excluding carboxylic acids is 1. The Bertz CT molecular complexity index is 579. The summed E-state index contributed by atoms with van der Waals surface area (Å²) in [5, 5.41) is 11.0. The summed E-state index contributed by atoms with van der Waals surface area (Å²) < 4.78 is 49.5. The smallest absolute Gasteiger partial charge is 0.471 e. The van der Waals surface area contributed by atoms with Crippen molar-refractivity contribution in [2.45, 2.75) is 30.5 Å². The topological polar surface area (TPSA) is 66.4 Å². The van der Waals surface area contributed by atoms with E-state index in [2.05, 4.69) is 0 Å². The van der Waals surface area contributed by atoms with Crippen molar-refractivity contribution in [1.29, 1.82) is 0 Å². The molecule has 0 aromatic heterocycles. The average molecular weight is 305 g/mol. The van der Waals surface area contributed by atoms with Crippen molar-refractivity contribution in [2.75, 3.05) is 0 Å². The summed E-state index contributed by atoms with van der Waals surface area (Å²) in [6, 6.07) is 4.01. The maximum atomic E-state index is 13.2. The zero-order valence-corrected chi connectivity index (χ0v) is 10.6. The molecule has 8 heteroatoms. The lowest BCUT2D eigenvalue weighted by molar-refractivity contribution is -0.176. The second-order valence-corrected chi connectivity index (χ2v) is 4.97. The number of aliphatic carboxylic acids is 1. The summed E-state index contributed by atoms with van der Waals surface area (Å²) in [5.74, 6) is -3.99. The molecule has 0 spiro atoms. The molecule has 1 aliphatic carbocycles. The van der Waals surface area contributed by atoms with Gasteiger partial charge in [-0.1, -0.05) is 12.1 Å². The van der Waals surface area contributed by atoms with E-state index >= 15 is 0 Å². The minimum atomic E-state index is -5.01. The van der Waals surface area contributed by atoms with Crippen molar-refractivity contribution >= 4 is 11.9 Å². The van der Waals surface area contributed by atoms with E-state index in [0.29, 0.717) is 0 Å². The van der Waals surface area contributed by atoms with Crippen LogP contribution in [0.5, 0.6) is 0 Å². The lowest BCUT2D eigenvalue weighted by Crippen LogP contribution is -2.58. The van der Waals surface area contributed by atoms with Gasteiger partial charge in [0.15, 0.2) is 0 Å². The molecule has 2 rings (SSSR count). The van der Waals surface area contributed by atoms with E-state index < -0.39 is 35.3 Å². The molecule has 0 atom stereocenters. The monoisotopic (exact) mass is 305 g/mol. The molecule has 4 nitrogen and oxygen atoms in total. The van der Waals surface area contributed by atoms with Gasteiger partial charge in [0, 0.05) is 6.04 Å². The van der Waals surface area contributed by atoms with Crippen LogP contribution in [-0.4, -0.2) is 29.2 Å². The quantitative estimate of drug-likeness (QED) is 0.839. The van der Waals surface area contributed by atoms with Crippen molar-refractivity contribution in [3.05, 3.63) is 35.6 Å². The Morgan fingerprint density at radius 1 is 1.29 bits per heavy atom. The summed E-state index contributed by atoms with van der Waals surface area (Å²) in [4.78, 5) is 22.2. The van der Waals surface area contributed by atoms with Crippen LogP contribution in [0.1, 0.15) is 18.4 Å². The minimum Gasteiger partial charge on any atom is -0.481 e. The Kier molecular flexibility index (Phi) is 3.65. The Hall–Kier alpha value is -2.12. The minimum absolute atomic E-state index is 0.174. The maximum absolute atomic E-state index is 13.2. The largest absolute Gasteiger partial charge is 0.481 e. The van der Waals surface area contributed by atoms with Crippen molar-refractivity contribution < 1.29 is 32.3 Å². The molecule has 2 N–H and O–H groups in total. The second-order valence-electron chi connectivity index (χ2n) is 4.97. The highest BCUT2D eigenvalue weighted by Gasteiger charge is 2.53. The highest BCUT2D eigenvalue weighted by atomic mass is 19.4. The van der Waals surface area contributed by atoms with E-state index in [1.165, 1.54) is 12.1 Å². The Morgan fingerprint density at radius 2 is 1.90 bits per heavy atom. The van der Waals surface area contributed by atoms with Gasteiger partial charge >= 0.3 is 18.1 Å². The van der Waals surface area contributed by atoms with Gasteiger partial charge in [-0.25, -0.2) is 4.39 Å². The van der Waals surface area contributed by atoms with Crippen molar-refractivity contribution in [3.63, 3.8) is 0 Å². The third-order valence-corrected chi connectivity index (χ3v) is 3.57. The molecular weight excluding hydrogens is 294 g/mol. The summed E-state index contributed by atoms with van der Waals surface area (Å²) in [6.07, 6.45) is -5.44. The fraction of sp³-hybridized carbons (Fsp3) is 0.385. The first kappa shape index (κ1) is 15.3. The molecule has 1 fully saturated rings. The summed E-state index contributed by atoms with van der Waals surface area (Å²) in [6.45, 7) is 0. The number of carboxylic acid groups (broad SMARTS) is 1. The van der Waals surface area contributed by atoms with Crippen LogP contribution in [0, 0.1) is 5.82 Å². The van der Waals surface area contributed by atoms with Crippen LogP contribution >= 0.6 is 0 Å². The Morgan fingerprint density at radius 3 is 2.38 bits per heavy atom. The summed E-state index contributed by atoms with van der Waals surface area (Å²) in [7, 11) is 0. The molecule has 114 valence electrons. The summed E-state index contributed by atoms with van der Waals surface area (Å²) >= 11 is 0. The van der Waals surface area contributed by atoms with Gasteiger partial charge in [0.2, 0.25) is 0 Å². The fourth-order valence-corrected chi connectivity index (χ4v) is 2.47. The van der Waals surface area contributed by atoms with Crippen LogP contribution in [-0.2, 0) is 15.0 Å². The van der Waals surface area contributed by atoms with Gasteiger partial charge in [-0.3, -0.25) is 9.59 Å². The molecule has 0 aliphatic heterocycles. The number of hydrogen-bond acceptors (Lipinski definition) is 2. The van der Waals surface area contributed by atoms with Gasteiger partial charge in [-0.2, -0.15) is 13.2 Å². The molecule has 1 aliphatic rings. The first-order chi connectivity index (χ1) is 9.65. The van der Waals surface area contributed by atoms with Gasteiger partial charge < -0.3 is 10.4 Å². The van der Waals surface area contributed by atoms with E-state index in [4.69, 9.17) is 0 Å². The van der Waals surface area contributed by atoms with Gasteiger partial charge in [0.05, 0.1) is 5.41 Å². The van der Waals surface area contributed by atoms with Gasteiger partial charge in [-0.15, -0.1) is 0 Å². The molecular formula is C13H11F4NO3. The highest BCUT2D eigenvalue weighted by Crippen LogP contribution is 2.44. The molecule has 1 aromatic rings. The molecule has 0 unspecified atom stereocenters. The lowest BCUT2D eigenvalue weighted by atomic mass is 9.61. The van der Waals surface area contributed by atoms with Crippen LogP contribution in [0.2, 0.25) is 0 Å². The number of carbonyl (C=O) groups is 2. The predicted octanol–water partition coefficient (Wildman–Crippen LogP) is 1.99. The van der Waals surface area contributed by atoms with E-state index in [9.17, 15) is 32.3 Å². The van der Waals surface area contributed by atoms with Crippen LogP contribution in [0.3, 0.4) is 0 Å². The predicted molar refractivity (Wildman–Crippen MR) is 62.9 cm³/mol. The maximum Gasteiger partial charge on any atom is 0.471 e. The zero-order valence-electron chi connectivity index (χ0n) is 10.6. The number of halogens is 4. The molecule has 1 saturated carbocycles. The highest BCUT2D eigenvalue weighted by molar-refractivity contribution is 5.85. The number of carboxylic acids is 1. The molecule has 0 radical (unpaired) electrons. The molecule has 21 heavy (non-hydrogen) atoms. The van der Waals surface area contributed by atoms with Gasteiger partial charge in [0.1, 0.15) is 5.82 Å². The van der Waals surface area contributed by atoms with Crippen molar-refractivity contribution in [2.24, 2.45) is 0 Å². The van der Waals surface area contributed by atoms with E-state index in [-0.39, 0.29) is 18.4 Å². The Balaban J connectivity index is 2.13. The normalized spacial score (nSPS) is 25.0. The van der Waals surface area contributed by atoms with Crippen molar-refractivity contribution in [1.82, 2.24) is 5.32 Å². The first-order valence-corrected chi connectivity index (χ1v) is 6.02. The lowest BCUT2D eigenvalue weighted by Gasteiger charge is -2.45. The summed E-state index contributed by atoms with van der Waals surface area (Å²) in [5.41, 5.74) is -1.29. The van der Waals surface area contributed by atoms with Crippen LogP contribution < -0.4 is 5.32 Å². The van der Waals surface area contributed by atoms with E-state index in [0.717, 1.165) is 12.1 Å². The number of rotatable bonds is 3. The number of hydrogen-bond donors (Lipinski definition) is 2. The molecule has 0 saturated heterocycles. The third-order valence-electron chi connectivity index (χ3n) is 3.57. The zero-order chi connectivity index (χ0) is 15.8. The first-order valence-electron chi connectivity index (χ1n) is 6.02. The second kappa shape index (κ2) is 5.01. The van der Waals surface area contributed by atoms with Crippen LogP contribution in [0.15, 0.2) is 24.3 Å². The average Bonchev–Trinajstić information content (AvgIpc) is 2.31. The number of amides is 1. The molecule has 1 aromatic carbocycles. The molecule has 0 heterocycles. The van der Waals surface area contributed by atoms with E-state index in [1.54, 1.807) is 5.32 Å². The van der Waals surface area contributed by atoms with Crippen molar-refractivity contribution in [3.8, 4) is 0 Å². The number of alkyl halides is 3.